The Kier molecular flexibility index (Phi) is 4.25. The first kappa shape index (κ1) is 13.2. The first-order chi connectivity index (χ1) is 7.99. The highest BCUT2D eigenvalue weighted by Crippen LogP contribution is 2.20. The first-order valence-corrected chi connectivity index (χ1v) is 5.48. The van der Waals surface area contributed by atoms with Gasteiger partial charge in [0.25, 0.3) is 0 Å². The maximum absolute atomic E-state index is 11.1. The fourth-order valence-corrected chi connectivity index (χ4v) is 1.74. The van der Waals surface area contributed by atoms with Crippen molar-refractivity contribution in [3.05, 3.63) is 17.7 Å². The number of carboxylic acid groups (broad SMARTS) is 2. The molecular formula is C11H16N2O4. The van der Waals surface area contributed by atoms with E-state index in [1.54, 1.807) is 6.92 Å². The number of imidazole rings is 1. The lowest BCUT2D eigenvalue weighted by atomic mass is 10.1. The molecule has 0 amide bonds. The number of unbranched alkanes of at least 4 members (excludes halogenated alkanes) is 1. The largest absolute Gasteiger partial charge is 0.480 e. The third-order valence-electron chi connectivity index (χ3n) is 2.63. The van der Waals surface area contributed by atoms with Crippen molar-refractivity contribution in [1.82, 2.24) is 9.55 Å². The van der Waals surface area contributed by atoms with Gasteiger partial charge >= 0.3 is 11.9 Å². The van der Waals surface area contributed by atoms with Crippen molar-refractivity contribution in [2.45, 2.75) is 39.2 Å². The number of hydrogen-bond acceptors (Lipinski definition) is 3. The van der Waals surface area contributed by atoms with E-state index in [1.165, 1.54) is 10.9 Å². The molecule has 1 aromatic rings. The van der Waals surface area contributed by atoms with Crippen LogP contribution >= 0.6 is 0 Å². The molecule has 0 saturated heterocycles. The van der Waals surface area contributed by atoms with E-state index in [1.807, 2.05) is 6.92 Å². The molecule has 0 bridgehead atoms. The fourth-order valence-electron chi connectivity index (χ4n) is 1.74. The van der Waals surface area contributed by atoms with Crippen LogP contribution in [0.3, 0.4) is 0 Å². The summed E-state index contributed by atoms with van der Waals surface area (Å²) in [5.41, 5.74) is 0.286. The highest BCUT2D eigenvalue weighted by molar-refractivity contribution is 5.88. The number of aromatic carboxylic acids is 1. The molecular weight excluding hydrogens is 224 g/mol. The quantitative estimate of drug-likeness (QED) is 0.789. The minimum absolute atomic E-state index is 0.0477. The summed E-state index contributed by atoms with van der Waals surface area (Å²) in [6, 6.07) is -0.859. The number of nitrogens with zero attached hydrogens (tertiary/aromatic N) is 2. The molecule has 94 valence electrons. The van der Waals surface area contributed by atoms with E-state index in [0.29, 0.717) is 12.1 Å². The maximum Gasteiger partial charge on any atom is 0.354 e. The van der Waals surface area contributed by atoms with Crippen molar-refractivity contribution in [2.24, 2.45) is 0 Å². The average Bonchev–Trinajstić information content (AvgIpc) is 2.60. The van der Waals surface area contributed by atoms with Gasteiger partial charge in [0.2, 0.25) is 0 Å². The minimum atomic E-state index is -1.15. The predicted octanol–water partition coefficient (Wildman–Crippen LogP) is 1.71. The van der Waals surface area contributed by atoms with Crippen LogP contribution in [0.2, 0.25) is 0 Å². The van der Waals surface area contributed by atoms with E-state index in [2.05, 4.69) is 4.98 Å². The Morgan fingerprint density at radius 1 is 1.47 bits per heavy atom. The zero-order valence-corrected chi connectivity index (χ0v) is 9.88. The van der Waals surface area contributed by atoms with Crippen molar-refractivity contribution in [2.75, 3.05) is 0 Å². The standard InChI is InChI=1S/C11H16N2O4/c1-3-4-5-8(10(14)15)13-6-12-7(2)9(13)11(16)17/h6,8H,3-5H2,1-2H3,(H,14,15)(H,16,17). The summed E-state index contributed by atoms with van der Waals surface area (Å²) in [6.07, 6.45) is 3.28. The zero-order chi connectivity index (χ0) is 13.0. The molecule has 0 radical (unpaired) electrons. The molecule has 1 rings (SSSR count). The van der Waals surface area contributed by atoms with E-state index >= 15 is 0 Å². The minimum Gasteiger partial charge on any atom is -0.480 e. The van der Waals surface area contributed by atoms with Crippen LogP contribution < -0.4 is 0 Å². The van der Waals surface area contributed by atoms with Gasteiger partial charge in [-0.2, -0.15) is 0 Å². The zero-order valence-electron chi connectivity index (χ0n) is 9.88. The van der Waals surface area contributed by atoms with Gasteiger partial charge < -0.3 is 14.8 Å². The summed E-state index contributed by atoms with van der Waals surface area (Å²) in [5.74, 6) is -2.18. The second-order valence-corrected chi connectivity index (χ2v) is 3.89. The molecule has 0 aliphatic rings. The molecule has 1 heterocycles. The number of carbonyl (C=O) groups is 2. The molecule has 1 aromatic heterocycles. The maximum atomic E-state index is 11.1. The average molecular weight is 240 g/mol. The molecule has 2 N–H and O–H groups in total. The number of aromatic nitrogens is 2. The van der Waals surface area contributed by atoms with Gasteiger partial charge in [-0.05, 0) is 13.3 Å². The highest BCUT2D eigenvalue weighted by atomic mass is 16.4. The van der Waals surface area contributed by atoms with Gasteiger partial charge in [0.05, 0.1) is 12.0 Å². The first-order valence-electron chi connectivity index (χ1n) is 5.48. The summed E-state index contributed by atoms with van der Waals surface area (Å²) in [4.78, 5) is 26.1. The van der Waals surface area contributed by atoms with Gasteiger partial charge in [-0.1, -0.05) is 19.8 Å². The van der Waals surface area contributed by atoms with Crippen LogP contribution in [0.1, 0.15) is 48.4 Å². The van der Waals surface area contributed by atoms with Crippen molar-refractivity contribution < 1.29 is 19.8 Å². The summed E-state index contributed by atoms with van der Waals surface area (Å²) in [6.45, 7) is 3.51. The summed E-state index contributed by atoms with van der Waals surface area (Å²) >= 11 is 0. The van der Waals surface area contributed by atoms with Crippen LogP contribution in [0.25, 0.3) is 0 Å². The lowest BCUT2D eigenvalue weighted by Gasteiger charge is -2.15. The van der Waals surface area contributed by atoms with Crippen LogP contribution in [0.4, 0.5) is 0 Å². The number of carboxylic acids is 2. The normalized spacial score (nSPS) is 12.4. The monoisotopic (exact) mass is 240 g/mol. The van der Waals surface area contributed by atoms with Gasteiger partial charge in [0.15, 0.2) is 5.69 Å². The van der Waals surface area contributed by atoms with Crippen LogP contribution in [0.15, 0.2) is 6.33 Å². The van der Waals surface area contributed by atoms with Crippen LogP contribution in [-0.4, -0.2) is 31.7 Å². The van der Waals surface area contributed by atoms with E-state index in [0.717, 1.165) is 12.8 Å². The Morgan fingerprint density at radius 3 is 2.59 bits per heavy atom. The van der Waals surface area contributed by atoms with Gasteiger partial charge in [0.1, 0.15) is 6.04 Å². The van der Waals surface area contributed by atoms with Crippen molar-refractivity contribution in [3.63, 3.8) is 0 Å². The molecule has 0 aliphatic heterocycles. The topological polar surface area (TPSA) is 92.4 Å². The fraction of sp³-hybridized carbons (Fsp3) is 0.545. The molecule has 0 aliphatic carbocycles. The molecule has 0 spiro atoms. The highest BCUT2D eigenvalue weighted by Gasteiger charge is 2.25. The third kappa shape index (κ3) is 2.83. The Labute approximate surface area is 98.9 Å². The molecule has 6 nitrogen and oxygen atoms in total. The lowest BCUT2D eigenvalue weighted by Crippen LogP contribution is -2.22. The van der Waals surface area contributed by atoms with Gasteiger partial charge in [-0.25, -0.2) is 14.6 Å². The van der Waals surface area contributed by atoms with Crippen molar-refractivity contribution in [3.8, 4) is 0 Å². The molecule has 0 saturated carbocycles. The van der Waals surface area contributed by atoms with E-state index < -0.39 is 18.0 Å². The number of aryl methyl sites for hydroxylation is 1. The summed E-state index contributed by atoms with van der Waals surface area (Å²) in [5, 5.41) is 18.2. The predicted molar refractivity (Wildman–Crippen MR) is 60.1 cm³/mol. The summed E-state index contributed by atoms with van der Waals surface area (Å²) < 4.78 is 1.23. The van der Waals surface area contributed by atoms with Gasteiger partial charge in [-0.3, -0.25) is 0 Å². The third-order valence-corrected chi connectivity index (χ3v) is 2.63. The summed E-state index contributed by atoms with van der Waals surface area (Å²) in [7, 11) is 0. The molecule has 1 atom stereocenters. The number of hydrogen-bond donors (Lipinski definition) is 2. The lowest BCUT2D eigenvalue weighted by molar-refractivity contribution is -0.141. The molecule has 6 heteroatoms. The van der Waals surface area contributed by atoms with E-state index in [4.69, 9.17) is 10.2 Å². The second-order valence-electron chi connectivity index (χ2n) is 3.89. The van der Waals surface area contributed by atoms with Crippen LogP contribution in [0.5, 0.6) is 0 Å². The van der Waals surface area contributed by atoms with Gasteiger partial charge in [0, 0.05) is 0 Å². The molecule has 0 aromatic carbocycles. The Morgan fingerprint density at radius 2 is 2.12 bits per heavy atom. The van der Waals surface area contributed by atoms with Crippen LogP contribution in [-0.2, 0) is 4.79 Å². The number of rotatable bonds is 6. The number of aliphatic carboxylic acids is 1. The molecule has 0 fully saturated rings. The van der Waals surface area contributed by atoms with Crippen LogP contribution in [0, 0.1) is 6.92 Å². The second kappa shape index (κ2) is 5.47. The Bertz CT molecular complexity index is 425. The van der Waals surface area contributed by atoms with E-state index in [-0.39, 0.29) is 5.69 Å². The molecule has 1 unspecified atom stereocenters. The van der Waals surface area contributed by atoms with Gasteiger partial charge in [-0.15, -0.1) is 0 Å². The Hall–Kier alpha value is -1.85. The Balaban J connectivity index is 3.10. The SMILES string of the molecule is CCCCC(C(=O)O)n1cnc(C)c1C(=O)O. The van der Waals surface area contributed by atoms with Crippen molar-refractivity contribution >= 4 is 11.9 Å². The molecule has 17 heavy (non-hydrogen) atoms. The van der Waals surface area contributed by atoms with Crippen molar-refractivity contribution in [1.29, 1.82) is 0 Å². The smallest absolute Gasteiger partial charge is 0.354 e. The van der Waals surface area contributed by atoms with E-state index in [9.17, 15) is 9.59 Å².